The Labute approximate surface area is 146 Å². The monoisotopic (exact) mass is 355 g/mol. The van der Waals surface area contributed by atoms with Gasteiger partial charge >= 0.3 is 5.97 Å². The van der Waals surface area contributed by atoms with Crippen molar-refractivity contribution in [2.75, 3.05) is 33.7 Å². The van der Waals surface area contributed by atoms with E-state index in [2.05, 4.69) is 5.32 Å². The number of amides is 1. The number of methoxy groups -OCH3 is 1. The van der Waals surface area contributed by atoms with Gasteiger partial charge in [-0.1, -0.05) is 0 Å². The number of carboxylic acids is 1. The molecule has 8 nitrogen and oxygen atoms in total. The van der Waals surface area contributed by atoms with Crippen LogP contribution in [0.3, 0.4) is 0 Å². The molecule has 0 aromatic heterocycles. The Morgan fingerprint density at radius 2 is 1.84 bits per heavy atom. The predicted molar refractivity (Wildman–Crippen MR) is 89.4 cm³/mol. The van der Waals surface area contributed by atoms with Gasteiger partial charge in [0.05, 0.1) is 25.2 Å². The molecule has 1 aromatic carbocycles. The van der Waals surface area contributed by atoms with E-state index in [-0.39, 0.29) is 38.1 Å². The van der Waals surface area contributed by atoms with Gasteiger partial charge in [-0.05, 0) is 37.6 Å². The normalized spacial score (nSPS) is 13.2. The SMILES string of the molecule is CCOCOCC(CC(COC)C(=O)O)NC(=O)c1ccc(O)cc1. The molecule has 0 fully saturated rings. The lowest BCUT2D eigenvalue weighted by atomic mass is 10.0. The Balaban J connectivity index is 2.72. The molecule has 25 heavy (non-hydrogen) atoms. The van der Waals surface area contributed by atoms with Gasteiger partial charge in [0.1, 0.15) is 12.5 Å². The highest BCUT2D eigenvalue weighted by Gasteiger charge is 2.24. The summed E-state index contributed by atoms with van der Waals surface area (Å²) in [6.45, 7) is 2.52. The van der Waals surface area contributed by atoms with Crippen LogP contribution >= 0.6 is 0 Å². The predicted octanol–water partition coefficient (Wildman–Crippen LogP) is 1.24. The third-order valence-corrected chi connectivity index (χ3v) is 3.44. The van der Waals surface area contributed by atoms with E-state index in [9.17, 15) is 19.8 Å². The van der Waals surface area contributed by atoms with E-state index >= 15 is 0 Å². The van der Waals surface area contributed by atoms with Crippen LogP contribution in [0.15, 0.2) is 24.3 Å². The number of hydrogen-bond acceptors (Lipinski definition) is 6. The van der Waals surface area contributed by atoms with Crippen LogP contribution < -0.4 is 5.32 Å². The Kier molecular flexibility index (Phi) is 9.53. The average molecular weight is 355 g/mol. The first kappa shape index (κ1) is 20.9. The van der Waals surface area contributed by atoms with Crippen LogP contribution in [0.25, 0.3) is 0 Å². The van der Waals surface area contributed by atoms with Crippen LogP contribution in [-0.2, 0) is 19.0 Å². The molecular weight excluding hydrogens is 330 g/mol. The quantitative estimate of drug-likeness (QED) is 0.382. The Morgan fingerprint density at radius 1 is 1.16 bits per heavy atom. The lowest BCUT2D eigenvalue weighted by Gasteiger charge is -2.22. The molecule has 1 rings (SSSR count). The minimum absolute atomic E-state index is 0.0341. The van der Waals surface area contributed by atoms with Crippen molar-refractivity contribution in [1.29, 1.82) is 0 Å². The molecule has 0 radical (unpaired) electrons. The molecule has 2 atom stereocenters. The van der Waals surface area contributed by atoms with Crippen LogP contribution in [0.1, 0.15) is 23.7 Å². The Morgan fingerprint density at radius 3 is 2.40 bits per heavy atom. The van der Waals surface area contributed by atoms with Gasteiger partial charge in [-0.15, -0.1) is 0 Å². The maximum atomic E-state index is 12.3. The van der Waals surface area contributed by atoms with E-state index < -0.39 is 17.9 Å². The van der Waals surface area contributed by atoms with Crippen molar-refractivity contribution in [3.63, 3.8) is 0 Å². The van der Waals surface area contributed by atoms with Gasteiger partial charge in [0.15, 0.2) is 0 Å². The van der Waals surface area contributed by atoms with Gasteiger partial charge < -0.3 is 29.7 Å². The Hall–Kier alpha value is -2.16. The molecule has 0 heterocycles. The maximum absolute atomic E-state index is 12.3. The fraction of sp³-hybridized carbons (Fsp3) is 0.529. The van der Waals surface area contributed by atoms with Crippen LogP contribution in [-0.4, -0.2) is 61.9 Å². The highest BCUT2D eigenvalue weighted by atomic mass is 16.7. The number of nitrogens with one attached hydrogen (secondary N) is 1. The molecule has 8 heteroatoms. The maximum Gasteiger partial charge on any atom is 0.308 e. The van der Waals surface area contributed by atoms with E-state index in [4.69, 9.17) is 14.2 Å². The van der Waals surface area contributed by atoms with Crippen molar-refractivity contribution in [3.8, 4) is 5.75 Å². The van der Waals surface area contributed by atoms with Gasteiger partial charge in [0, 0.05) is 19.3 Å². The summed E-state index contributed by atoms with van der Waals surface area (Å²) in [5.74, 6) is -2.10. The molecule has 140 valence electrons. The molecule has 0 aliphatic rings. The third kappa shape index (κ3) is 7.97. The average Bonchev–Trinajstić information content (AvgIpc) is 2.58. The van der Waals surface area contributed by atoms with Crippen molar-refractivity contribution in [3.05, 3.63) is 29.8 Å². The van der Waals surface area contributed by atoms with Crippen molar-refractivity contribution < 1.29 is 34.0 Å². The van der Waals surface area contributed by atoms with Crippen LogP contribution in [0.4, 0.5) is 0 Å². The summed E-state index contributed by atoms with van der Waals surface area (Å²) < 4.78 is 15.3. The number of aromatic hydroxyl groups is 1. The number of carbonyl (C=O) groups is 2. The van der Waals surface area contributed by atoms with Gasteiger partial charge in [-0.25, -0.2) is 0 Å². The van der Waals surface area contributed by atoms with Crippen molar-refractivity contribution in [1.82, 2.24) is 5.32 Å². The number of ether oxygens (including phenoxy) is 3. The summed E-state index contributed by atoms with van der Waals surface area (Å²) in [6, 6.07) is 5.23. The summed E-state index contributed by atoms with van der Waals surface area (Å²) >= 11 is 0. The van der Waals surface area contributed by atoms with Gasteiger partial charge in [-0.3, -0.25) is 9.59 Å². The second-order valence-electron chi connectivity index (χ2n) is 5.42. The van der Waals surface area contributed by atoms with E-state index in [1.807, 2.05) is 6.92 Å². The minimum atomic E-state index is -1.00. The number of phenolic OH excluding ortho intramolecular Hbond substituents is 1. The number of carboxylic acid groups (broad SMARTS) is 1. The zero-order valence-corrected chi connectivity index (χ0v) is 14.4. The molecule has 3 N–H and O–H groups in total. The summed E-state index contributed by atoms with van der Waals surface area (Å²) in [7, 11) is 1.42. The van der Waals surface area contributed by atoms with E-state index in [1.54, 1.807) is 0 Å². The molecule has 2 unspecified atom stereocenters. The molecular formula is C17H25NO7. The standard InChI is InChI=1S/C17H25NO7/c1-3-24-11-25-10-14(8-13(9-23-2)17(21)22)18-16(20)12-4-6-15(19)7-5-12/h4-7,13-14,19H,3,8-11H2,1-2H3,(H,18,20)(H,21,22). The van der Waals surface area contributed by atoms with Crippen molar-refractivity contribution >= 4 is 11.9 Å². The summed E-state index contributed by atoms with van der Waals surface area (Å²) in [5.41, 5.74) is 0.353. The number of phenols is 1. The minimum Gasteiger partial charge on any atom is -0.508 e. The van der Waals surface area contributed by atoms with Crippen LogP contribution in [0.5, 0.6) is 5.75 Å². The summed E-state index contributed by atoms with van der Waals surface area (Å²) in [6.07, 6.45) is 0.152. The molecule has 0 aliphatic carbocycles. The molecule has 0 spiro atoms. The first-order chi connectivity index (χ1) is 12.0. The van der Waals surface area contributed by atoms with E-state index in [0.717, 1.165) is 0 Å². The summed E-state index contributed by atoms with van der Waals surface area (Å²) in [4.78, 5) is 23.6. The van der Waals surface area contributed by atoms with Gasteiger partial charge in [0.25, 0.3) is 5.91 Å². The number of hydrogen-bond donors (Lipinski definition) is 3. The van der Waals surface area contributed by atoms with E-state index in [1.165, 1.54) is 31.4 Å². The molecule has 0 saturated heterocycles. The van der Waals surface area contributed by atoms with Crippen LogP contribution in [0.2, 0.25) is 0 Å². The molecule has 0 bridgehead atoms. The van der Waals surface area contributed by atoms with Crippen molar-refractivity contribution in [2.45, 2.75) is 19.4 Å². The highest BCUT2D eigenvalue weighted by molar-refractivity contribution is 5.94. The zero-order chi connectivity index (χ0) is 18.7. The molecule has 1 aromatic rings. The number of carbonyl (C=O) groups excluding carboxylic acids is 1. The fourth-order valence-electron chi connectivity index (χ4n) is 2.17. The highest BCUT2D eigenvalue weighted by Crippen LogP contribution is 2.12. The van der Waals surface area contributed by atoms with E-state index in [0.29, 0.717) is 12.2 Å². The van der Waals surface area contributed by atoms with Crippen LogP contribution in [0, 0.1) is 5.92 Å². The lowest BCUT2D eigenvalue weighted by molar-refractivity contribution is -0.144. The summed E-state index contributed by atoms with van der Waals surface area (Å²) in [5, 5.41) is 21.3. The second kappa shape index (κ2) is 11.4. The zero-order valence-electron chi connectivity index (χ0n) is 14.4. The fourth-order valence-corrected chi connectivity index (χ4v) is 2.17. The first-order valence-electron chi connectivity index (χ1n) is 7.95. The first-order valence-corrected chi connectivity index (χ1v) is 7.95. The lowest BCUT2D eigenvalue weighted by Crippen LogP contribution is -2.41. The molecule has 0 saturated carbocycles. The molecule has 1 amide bonds. The Bertz CT molecular complexity index is 532. The number of aliphatic carboxylic acids is 1. The largest absolute Gasteiger partial charge is 0.508 e. The molecule has 0 aliphatic heterocycles. The van der Waals surface area contributed by atoms with Crippen molar-refractivity contribution in [2.24, 2.45) is 5.92 Å². The van der Waals surface area contributed by atoms with Gasteiger partial charge in [0.2, 0.25) is 0 Å². The van der Waals surface area contributed by atoms with Gasteiger partial charge in [-0.2, -0.15) is 0 Å². The number of benzene rings is 1. The topological polar surface area (TPSA) is 114 Å². The smallest absolute Gasteiger partial charge is 0.308 e. The second-order valence-corrected chi connectivity index (χ2v) is 5.42. The number of rotatable bonds is 12. The third-order valence-electron chi connectivity index (χ3n) is 3.44.